The van der Waals surface area contributed by atoms with E-state index in [1.165, 1.54) is 5.56 Å². The summed E-state index contributed by atoms with van der Waals surface area (Å²) in [5, 5.41) is 10.5. The third-order valence-corrected chi connectivity index (χ3v) is 6.51. The number of benzene rings is 1. The molecule has 6 nitrogen and oxygen atoms in total. The molecule has 1 aromatic heterocycles. The second-order valence-electron chi connectivity index (χ2n) is 9.04. The average molecular weight is 424 g/mol. The lowest BCUT2D eigenvalue weighted by Gasteiger charge is -2.30. The number of carbonyl (C=O) groups is 1. The molecule has 31 heavy (non-hydrogen) atoms. The van der Waals surface area contributed by atoms with Gasteiger partial charge in [-0.3, -0.25) is 14.7 Å². The van der Waals surface area contributed by atoms with Gasteiger partial charge in [0, 0.05) is 50.5 Å². The number of aromatic nitrogens is 1. The highest BCUT2D eigenvalue weighted by atomic mass is 16.5. The molecule has 2 atom stereocenters. The van der Waals surface area contributed by atoms with E-state index < -0.39 is 0 Å². The van der Waals surface area contributed by atoms with Crippen LogP contribution in [-0.2, 0) is 17.8 Å². The maximum Gasteiger partial charge on any atom is 0.260 e. The summed E-state index contributed by atoms with van der Waals surface area (Å²) in [4.78, 5) is 20.9. The first kappa shape index (κ1) is 21.8. The summed E-state index contributed by atoms with van der Waals surface area (Å²) >= 11 is 0. The fourth-order valence-corrected chi connectivity index (χ4v) is 4.50. The Labute approximate surface area is 184 Å². The zero-order valence-corrected chi connectivity index (χ0v) is 18.3. The molecule has 2 aliphatic heterocycles. The van der Waals surface area contributed by atoms with Crippen LogP contribution in [0.3, 0.4) is 0 Å². The second-order valence-corrected chi connectivity index (χ2v) is 9.04. The summed E-state index contributed by atoms with van der Waals surface area (Å²) in [5.74, 6) is 1.71. The van der Waals surface area contributed by atoms with Gasteiger partial charge in [0.2, 0.25) is 0 Å². The van der Waals surface area contributed by atoms with Gasteiger partial charge in [-0.05, 0) is 55.0 Å². The summed E-state index contributed by atoms with van der Waals surface area (Å²) in [6.07, 6.45) is 4.43. The summed E-state index contributed by atoms with van der Waals surface area (Å²) in [7, 11) is 0. The molecule has 0 aliphatic carbocycles. The molecule has 166 valence electrons. The van der Waals surface area contributed by atoms with Gasteiger partial charge in [0.15, 0.2) is 6.61 Å². The lowest BCUT2D eigenvalue weighted by molar-refractivity contribution is -0.134. The number of β-amino-alcohol motifs (C(OH)–C–C–N with tert-alkyl or cyclic N) is 1. The number of aliphatic hydroxyl groups is 1. The molecule has 2 aromatic rings. The number of likely N-dealkylation sites (tertiary alicyclic amines) is 2. The van der Waals surface area contributed by atoms with Crippen molar-refractivity contribution in [2.24, 2.45) is 11.8 Å². The molecule has 0 spiro atoms. The second kappa shape index (κ2) is 10.2. The topological polar surface area (TPSA) is 65.9 Å². The van der Waals surface area contributed by atoms with Crippen molar-refractivity contribution in [1.29, 1.82) is 0 Å². The number of nitrogens with zero attached hydrogens (tertiary/aromatic N) is 3. The zero-order chi connectivity index (χ0) is 21.6. The van der Waals surface area contributed by atoms with Crippen LogP contribution in [0.5, 0.6) is 5.75 Å². The maximum absolute atomic E-state index is 12.3. The SMILES string of the molecule is CC1CCN(C(=O)COc2ccc(CN3C[C@@H](Cc4ccccn4)[C@H](O)C3)cc2)CC1. The Morgan fingerprint density at radius 3 is 2.61 bits per heavy atom. The third kappa shape index (κ3) is 6.05. The largest absolute Gasteiger partial charge is 0.484 e. The summed E-state index contributed by atoms with van der Waals surface area (Å²) in [6.45, 7) is 6.35. The molecule has 2 saturated heterocycles. The van der Waals surface area contributed by atoms with Crippen molar-refractivity contribution in [3.63, 3.8) is 0 Å². The number of piperidine rings is 1. The molecular formula is C25H33N3O3. The molecule has 2 fully saturated rings. The van der Waals surface area contributed by atoms with E-state index in [0.29, 0.717) is 12.5 Å². The molecule has 6 heteroatoms. The number of pyridine rings is 1. The van der Waals surface area contributed by atoms with E-state index in [2.05, 4.69) is 16.8 Å². The van der Waals surface area contributed by atoms with Crippen LogP contribution in [-0.4, -0.2) is 64.7 Å². The summed E-state index contributed by atoms with van der Waals surface area (Å²) in [5.41, 5.74) is 2.21. The Kier molecular flexibility index (Phi) is 7.20. The van der Waals surface area contributed by atoms with Crippen LogP contribution in [0.25, 0.3) is 0 Å². The number of hydrogen-bond donors (Lipinski definition) is 1. The molecule has 4 rings (SSSR count). The summed E-state index contributed by atoms with van der Waals surface area (Å²) < 4.78 is 5.72. The number of carbonyl (C=O) groups excluding carboxylic acids is 1. The zero-order valence-electron chi connectivity index (χ0n) is 18.3. The number of rotatable bonds is 7. The van der Waals surface area contributed by atoms with E-state index in [1.54, 1.807) is 6.20 Å². The highest BCUT2D eigenvalue weighted by Crippen LogP contribution is 2.23. The Hall–Kier alpha value is -2.44. The van der Waals surface area contributed by atoms with Crippen LogP contribution in [0.1, 0.15) is 31.0 Å². The van der Waals surface area contributed by atoms with E-state index in [-0.39, 0.29) is 24.5 Å². The molecule has 1 N–H and O–H groups in total. The Balaban J connectivity index is 1.23. The molecule has 0 bridgehead atoms. The van der Waals surface area contributed by atoms with Gasteiger partial charge in [-0.2, -0.15) is 0 Å². The average Bonchev–Trinajstić information content (AvgIpc) is 3.12. The minimum absolute atomic E-state index is 0.0704. The van der Waals surface area contributed by atoms with Gasteiger partial charge in [0.25, 0.3) is 5.91 Å². The Morgan fingerprint density at radius 1 is 1.13 bits per heavy atom. The minimum atomic E-state index is -0.326. The monoisotopic (exact) mass is 423 g/mol. The Bertz CT molecular complexity index is 835. The van der Waals surface area contributed by atoms with Crippen LogP contribution in [0.4, 0.5) is 0 Å². The molecule has 1 amide bonds. The van der Waals surface area contributed by atoms with Crippen molar-refractivity contribution in [2.45, 2.75) is 38.8 Å². The van der Waals surface area contributed by atoms with E-state index in [9.17, 15) is 9.90 Å². The van der Waals surface area contributed by atoms with Crippen molar-refractivity contribution in [3.8, 4) is 5.75 Å². The molecule has 1 aromatic carbocycles. The standard InChI is InChI=1S/C25H33N3O3/c1-19-9-12-28(13-10-19)25(30)18-31-23-7-5-20(6-8-23)15-27-16-21(24(29)17-27)14-22-4-2-3-11-26-22/h2-8,11,19,21,24,29H,9-10,12-18H2,1H3/t21-,24-/m1/s1. The number of aliphatic hydroxyl groups excluding tert-OH is 1. The first-order valence-electron chi connectivity index (χ1n) is 11.4. The fraction of sp³-hybridized carbons (Fsp3) is 0.520. The lowest BCUT2D eigenvalue weighted by atomic mass is 9.99. The van der Waals surface area contributed by atoms with Crippen molar-refractivity contribution in [2.75, 3.05) is 32.8 Å². The third-order valence-electron chi connectivity index (χ3n) is 6.51. The van der Waals surface area contributed by atoms with Gasteiger partial charge in [-0.25, -0.2) is 0 Å². The molecule has 3 heterocycles. The fourth-order valence-electron chi connectivity index (χ4n) is 4.50. The van der Waals surface area contributed by atoms with Gasteiger partial charge in [0.05, 0.1) is 6.10 Å². The van der Waals surface area contributed by atoms with Crippen LogP contribution in [0.2, 0.25) is 0 Å². The van der Waals surface area contributed by atoms with E-state index in [1.807, 2.05) is 47.4 Å². The number of hydrogen-bond acceptors (Lipinski definition) is 5. The smallest absolute Gasteiger partial charge is 0.260 e. The Morgan fingerprint density at radius 2 is 1.90 bits per heavy atom. The van der Waals surface area contributed by atoms with Gasteiger partial charge >= 0.3 is 0 Å². The molecule has 0 saturated carbocycles. The molecule has 2 aliphatic rings. The van der Waals surface area contributed by atoms with Gasteiger partial charge in [-0.1, -0.05) is 25.1 Å². The first-order chi connectivity index (χ1) is 15.1. The normalized spacial score (nSPS) is 22.6. The van der Waals surface area contributed by atoms with Gasteiger partial charge in [0.1, 0.15) is 5.75 Å². The van der Waals surface area contributed by atoms with E-state index in [0.717, 1.165) is 56.9 Å². The maximum atomic E-state index is 12.3. The quantitative estimate of drug-likeness (QED) is 0.742. The van der Waals surface area contributed by atoms with Crippen LogP contribution < -0.4 is 4.74 Å². The van der Waals surface area contributed by atoms with E-state index >= 15 is 0 Å². The van der Waals surface area contributed by atoms with Crippen LogP contribution in [0.15, 0.2) is 48.7 Å². The number of ether oxygens (including phenoxy) is 1. The van der Waals surface area contributed by atoms with Crippen LogP contribution >= 0.6 is 0 Å². The number of amides is 1. The van der Waals surface area contributed by atoms with Crippen molar-refractivity contribution >= 4 is 5.91 Å². The first-order valence-corrected chi connectivity index (χ1v) is 11.4. The highest BCUT2D eigenvalue weighted by molar-refractivity contribution is 5.77. The molecule has 0 unspecified atom stereocenters. The van der Waals surface area contributed by atoms with Crippen LogP contribution in [0, 0.1) is 11.8 Å². The predicted octanol–water partition coefficient (Wildman–Crippen LogP) is 2.75. The van der Waals surface area contributed by atoms with Gasteiger partial charge < -0.3 is 14.7 Å². The van der Waals surface area contributed by atoms with Crippen molar-refractivity contribution in [3.05, 3.63) is 59.9 Å². The minimum Gasteiger partial charge on any atom is -0.484 e. The predicted molar refractivity (Wildman–Crippen MR) is 120 cm³/mol. The summed E-state index contributed by atoms with van der Waals surface area (Å²) in [6, 6.07) is 13.9. The van der Waals surface area contributed by atoms with Crippen molar-refractivity contribution in [1.82, 2.24) is 14.8 Å². The van der Waals surface area contributed by atoms with E-state index in [4.69, 9.17) is 4.74 Å². The molecule has 0 radical (unpaired) electrons. The highest BCUT2D eigenvalue weighted by Gasteiger charge is 2.31. The molecular weight excluding hydrogens is 390 g/mol. The van der Waals surface area contributed by atoms with Gasteiger partial charge in [-0.15, -0.1) is 0 Å². The van der Waals surface area contributed by atoms with Crippen molar-refractivity contribution < 1.29 is 14.6 Å². The lowest BCUT2D eigenvalue weighted by Crippen LogP contribution is -2.40.